The molecule has 0 saturated heterocycles. The molecule has 6 heteroatoms. The Morgan fingerprint density at radius 2 is 0.656 bits per heavy atom. The molecule has 0 aliphatic carbocycles. The van der Waals surface area contributed by atoms with Gasteiger partial charge in [-0.1, -0.05) is 24.3 Å². The second-order valence-electron chi connectivity index (χ2n) is 8.05. The number of hydrogen-bond donors (Lipinski definition) is 4. The maximum atomic E-state index is 10.1. The van der Waals surface area contributed by atoms with Crippen LogP contribution in [0.1, 0.15) is 34.1 Å². The molecule has 32 heavy (non-hydrogen) atoms. The average molecular weight is 426 g/mol. The number of phenolic OH excluding ortho intramolecular Hbond substituents is 4. The summed E-state index contributed by atoms with van der Waals surface area (Å²) >= 11 is 0. The Labute approximate surface area is 183 Å². The molecule has 0 amide bonds. The first-order chi connectivity index (χ1) is 15.5. The Kier molecular flexibility index (Phi) is 3.80. The van der Waals surface area contributed by atoms with Crippen LogP contribution in [0.5, 0.6) is 46.0 Å². The van der Waals surface area contributed by atoms with Gasteiger partial charge in [-0.2, -0.15) is 0 Å². The highest BCUT2D eigenvalue weighted by Crippen LogP contribution is 2.58. The largest absolute Gasteiger partial charge is 0.508 e. The van der Waals surface area contributed by atoms with Gasteiger partial charge in [-0.05, 0) is 24.3 Å². The van der Waals surface area contributed by atoms with Crippen LogP contribution in [0, 0.1) is 0 Å². The second-order valence-corrected chi connectivity index (χ2v) is 8.05. The molecule has 0 spiro atoms. The van der Waals surface area contributed by atoms with E-state index in [2.05, 4.69) is 0 Å². The standard InChI is InChI=1S/C26H18O6/c27-13-1-5-17-21(9-13)31-22-10-14(28)2-6-18(22)25(17)26-19-7-3-15(29)11-23(19)32-24-12-16(30)4-8-20(24)26/h1-12,25-30H. The molecule has 2 aliphatic rings. The molecule has 0 saturated carbocycles. The molecule has 4 aromatic carbocycles. The highest BCUT2D eigenvalue weighted by atomic mass is 16.5. The zero-order valence-electron chi connectivity index (χ0n) is 16.7. The molecule has 0 radical (unpaired) electrons. The average Bonchev–Trinajstić information content (AvgIpc) is 2.75. The van der Waals surface area contributed by atoms with Crippen molar-refractivity contribution in [2.24, 2.45) is 0 Å². The summed E-state index contributed by atoms with van der Waals surface area (Å²) in [5.41, 5.74) is 3.47. The normalized spacial score (nSPS) is 14.4. The van der Waals surface area contributed by atoms with Crippen LogP contribution >= 0.6 is 0 Å². The molecule has 0 unspecified atom stereocenters. The second kappa shape index (κ2) is 6.59. The molecule has 4 aromatic rings. The van der Waals surface area contributed by atoms with Gasteiger partial charge in [0.1, 0.15) is 46.0 Å². The molecular weight excluding hydrogens is 408 g/mol. The lowest BCUT2D eigenvalue weighted by molar-refractivity contribution is 0.398. The molecule has 6 rings (SSSR count). The van der Waals surface area contributed by atoms with Gasteiger partial charge in [-0.15, -0.1) is 0 Å². The van der Waals surface area contributed by atoms with E-state index in [1.165, 1.54) is 0 Å². The molecule has 0 aromatic heterocycles. The van der Waals surface area contributed by atoms with Gasteiger partial charge in [0.25, 0.3) is 0 Å². The van der Waals surface area contributed by atoms with Crippen molar-refractivity contribution >= 4 is 0 Å². The maximum Gasteiger partial charge on any atom is 0.134 e. The SMILES string of the molecule is Oc1ccc2c(c1)Oc1cc(O)ccc1C2C1c2ccc(O)cc2Oc2cc(O)ccc21. The molecule has 2 heterocycles. The summed E-state index contributed by atoms with van der Waals surface area (Å²) in [5.74, 6) is 1.82. The van der Waals surface area contributed by atoms with Crippen molar-refractivity contribution in [1.82, 2.24) is 0 Å². The fourth-order valence-corrected chi connectivity index (χ4v) is 4.76. The van der Waals surface area contributed by atoms with Gasteiger partial charge >= 0.3 is 0 Å². The lowest BCUT2D eigenvalue weighted by atomic mass is 9.71. The van der Waals surface area contributed by atoms with Crippen molar-refractivity contribution < 1.29 is 29.9 Å². The summed E-state index contributed by atoms with van der Waals surface area (Å²) < 4.78 is 12.1. The van der Waals surface area contributed by atoms with Gasteiger partial charge in [0.15, 0.2) is 0 Å². The van der Waals surface area contributed by atoms with Crippen LogP contribution in [-0.2, 0) is 0 Å². The first kappa shape index (κ1) is 18.4. The van der Waals surface area contributed by atoms with E-state index < -0.39 is 0 Å². The molecule has 0 fully saturated rings. The van der Waals surface area contributed by atoms with Crippen LogP contribution in [0.25, 0.3) is 0 Å². The van der Waals surface area contributed by atoms with Crippen LogP contribution in [0.4, 0.5) is 0 Å². The smallest absolute Gasteiger partial charge is 0.134 e. The van der Waals surface area contributed by atoms with E-state index in [0.717, 1.165) is 22.3 Å². The summed E-state index contributed by atoms with van der Waals surface area (Å²) in [6.07, 6.45) is 0. The number of ether oxygens (including phenoxy) is 2. The fourth-order valence-electron chi connectivity index (χ4n) is 4.76. The summed E-state index contributed by atoms with van der Waals surface area (Å²) in [5, 5.41) is 40.2. The monoisotopic (exact) mass is 426 g/mol. The number of hydrogen-bond acceptors (Lipinski definition) is 6. The molecule has 4 N–H and O–H groups in total. The van der Waals surface area contributed by atoms with E-state index >= 15 is 0 Å². The molecule has 158 valence electrons. The molecule has 0 atom stereocenters. The quantitative estimate of drug-likeness (QED) is 0.312. The Morgan fingerprint density at radius 1 is 0.406 bits per heavy atom. The summed E-state index contributed by atoms with van der Waals surface area (Å²) in [7, 11) is 0. The van der Waals surface area contributed by atoms with E-state index in [-0.39, 0.29) is 34.8 Å². The molecule has 6 nitrogen and oxygen atoms in total. The van der Waals surface area contributed by atoms with E-state index in [4.69, 9.17) is 9.47 Å². The van der Waals surface area contributed by atoms with Crippen molar-refractivity contribution in [3.05, 3.63) is 95.1 Å². The lowest BCUT2D eigenvalue weighted by Crippen LogP contribution is -2.21. The van der Waals surface area contributed by atoms with Gasteiger partial charge in [-0.25, -0.2) is 0 Å². The Morgan fingerprint density at radius 3 is 0.906 bits per heavy atom. The van der Waals surface area contributed by atoms with Gasteiger partial charge < -0.3 is 29.9 Å². The Bertz CT molecular complexity index is 1180. The minimum absolute atomic E-state index is 0.0775. The van der Waals surface area contributed by atoms with Gasteiger partial charge in [0, 0.05) is 58.4 Å². The number of rotatable bonds is 1. The highest BCUT2D eigenvalue weighted by Gasteiger charge is 2.40. The first-order valence-electron chi connectivity index (χ1n) is 10.2. The zero-order valence-corrected chi connectivity index (χ0v) is 16.7. The molecule has 0 bridgehead atoms. The van der Waals surface area contributed by atoms with Crippen molar-refractivity contribution in [3.63, 3.8) is 0 Å². The maximum absolute atomic E-state index is 10.1. The Balaban J connectivity index is 1.65. The third-order valence-electron chi connectivity index (χ3n) is 6.10. The van der Waals surface area contributed by atoms with E-state index in [1.807, 2.05) is 24.3 Å². The van der Waals surface area contributed by atoms with Crippen LogP contribution in [0.15, 0.2) is 72.8 Å². The summed E-state index contributed by atoms with van der Waals surface area (Å²) in [6, 6.07) is 20.1. The molecular formula is C26H18O6. The number of benzene rings is 4. The van der Waals surface area contributed by atoms with Crippen molar-refractivity contribution in [2.45, 2.75) is 11.8 Å². The van der Waals surface area contributed by atoms with Crippen molar-refractivity contribution in [3.8, 4) is 46.0 Å². The number of phenols is 4. The van der Waals surface area contributed by atoms with E-state index in [9.17, 15) is 20.4 Å². The summed E-state index contributed by atoms with van der Waals surface area (Å²) in [4.78, 5) is 0. The number of fused-ring (bicyclic) bond motifs is 4. The predicted molar refractivity (Wildman–Crippen MR) is 116 cm³/mol. The minimum Gasteiger partial charge on any atom is -0.508 e. The van der Waals surface area contributed by atoms with Crippen LogP contribution < -0.4 is 9.47 Å². The van der Waals surface area contributed by atoms with Crippen LogP contribution in [0.2, 0.25) is 0 Å². The summed E-state index contributed by atoms with van der Waals surface area (Å²) in [6.45, 7) is 0. The van der Waals surface area contributed by atoms with Gasteiger partial charge in [-0.3, -0.25) is 0 Å². The van der Waals surface area contributed by atoms with E-state index in [1.54, 1.807) is 48.5 Å². The lowest BCUT2D eigenvalue weighted by Gasteiger charge is -2.38. The Hall–Kier alpha value is -4.32. The topological polar surface area (TPSA) is 99.4 Å². The van der Waals surface area contributed by atoms with Crippen molar-refractivity contribution in [1.29, 1.82) is 0 Å². The first-order valence-corrected chi connectivity index (χ1v) is 10.2. The molecule has 2 aliphatic heterocycles. The predicted octanol–water partition coefficient (Wildman–Crippen LogP) is 5.68. The van der Waals surface area contributed by atoms with E-state index in [0.29, 0.717) is 23.0 Å². The van der Waals surface area contributed by atoms with Gasteiger partial charge in [0.05, 0.1) is 0 Å². The minimum atomic E-state index is -0.245. The highest BCUT2D eigenvalue weighted by molar-refractivity contribution is 5.64. The third kappa shape index (κ3) is 2.73. The van der Waals surface area contributed by atoms with Crippen LogP contribution in [-0.4, -0.2) is 20.4 Å². The fraction of sp³-hybridized carbons (Fsp3) is 0.0769. The van der Waals surface area contributed by atoms with Crippen molar-refractivity contribution in [2.75, 3.05) is 0 Å². The van der Waals surface area contributed by atoms with Gasteiger partial charge in [0.2, 0.25) is 0 Å². The zero-order chi connectivity index (χ0) is 22.0. The third-order valence-corrected chi connectivity index (χ3v) is 6.10. The van der Waals surface area contributed by atoms with Crippen LogP contribution in [0.3, 0.4) is 0 Å². The number of aromatic hydroxyl groups is 4.